The normalized spacial score (nSPS) is 15.6. The van der Waals surface area contributed by atoms with E-state index >= 15 is 0 Å². The third-order valence-electron chi connectivity index (χ3n) is 6.24. The van der Waals surface area contributed by atoms with Gasteiger partial charge in [0.1, 0.15) is 0 Å². The van der Waals surface area contributed by atoms with Gasteiger partial charge in [0.05, 0.1) is 0 Å². The summed E-state index contributed by atoms with van der Waals surface area (Å²) in [5.41, 5.74) is 3.91. The van der Waals surface area contributed by atoms with Gasteiger partial charge >= 0.3 is 0 Å². The van der Waals surface area contributed by atoms with Crippen LogP contribution in [0.2, 0.25) is 0 Å². The molecule has 1 N–H and O–H groups in total. The van der Waals surface area contributed by atoms with E-state index in [0.717, 1.165) is 48.1 Å². The van der Waals surface area contributed by atoms with Gasteiger partial charge < -0.3 is 19.2 Å². The number of aryl methyl sites for hydroxylation is 1. The van der Waals surface area contributed by atoms with Gasteiger partial charge in [-0.2, -0.15) is 0 Å². The number of fused-ring (bicyclic) bond motifs is 1. The maximum Gasteiger partial charge on any atom is 0.255 e. The second kappa shape index (κ2) is 8.02. The number of carbonyl (C=O) groups excluding carboxylic acids is 1. The number of anilines is 1. The van der Waals surface area contributed by atoms with Crippen molar-refractivity contribution in [2.45, 2.75) is 38.4 Å². The van der Waals surface area contributed by atoms with Crippen LogP contribution in [0.3, 0.4) is 0 Å². The van der Waals surface area contributed by atoms with Crippen LogP contribution in [0.5, 0.6) is 11.5 Å². The Morgan fingerprint density at radius 1 is 0.853 bits per heavy atom. The predicted molar refractivity (Wildman–Crippen MR) is 127 cm³/mol. The molecule has 6 rings (SSSR count). The lowest BCUT2D eigenvalue weighted by Gasteiger charge is -2.21. The third-order valence-corrected chi connectivity index (χ3v) is 6.24. The SMILES string of the molecule is Cc1cccc(-c2nnc(-c3ccc(C(=O)Nc4ccc5c(c4)OC4(CCCC4)O5)cc3)o2)c1. The highest BCUT2D eigenvalue weighted by Gasteiger charge is 2.44. The maximum atomic E-state index is 12.8. The molecule has 7 heteroatoms. The molecule has 1 spiro atoms. The first kappa shape index (κ1) is 20.5. The summed E-state index contributed by atoms with van der Waals surface area (Å²) in [7, 11) is 0. The zero-order valence-electron chi connectivity index (χ0n) is 18.7. The van der Waals surface area contributed by atoms with Gasteiger partial charge in [0.2, 0.25) is 11.8 Å². The van der Waals surface area contributed by atoms with Crippen molar-refractivity contribution in [3.05, 3.63) is 77.9 Å². The Hall–Kier alpha value is -4.13. The number of carbonyl (C=O) groups is 1. The van der Waals surface area contributed by atoms with Crippen molar-refractivity contribution in [1.82, 2.24) is 10.2 Å². The number of nitrogens with one attached hydrogen (secondary N) is 1. The fourth-order valence-corrected chi connectivity index (χ4v) is 4.49. The second-order valence-corrected chi connectivity index (χ2v) is 8.80. The van der Waals surface area contributed by atoms with Crippen LogP contribution in [0.15, 0.2) is 71.1 Å². The lowest BCUT2D eigenvalue weighted by molar-refractivity contribution is -0.0716. The minimum atomic E-state index is -0.519. The van der Waals surface area contributed by atoms with E-state index in [1.54, 1.807) is 24.3 Å². The summed E-state index contributed by atoms with van der Waals surface area (Å²) in [6.45, 7) is 2.01. The molecule has 0 radical (unpaired) electrons. The Bertz CT molecular complexity index is 1370. The minimum Gasteiger partial charge on any atom is -0.448 e. The molecule has 7 nitrogen and oxygen atoms in total. The fraction of sp³-hybridized carbons (Fsp3) is 0.222. The fourth-order valence-electron chi connectivity index (χ4n) is 4.49. The number of ether oxygens (including phenoxy) is 2. The molecule has 1 aromatic heterocycles. The molecular weight excluding hydrogens is 430 g/mol. The lowest BCUT2D eigenvalue weighted by atomic mass is 10.1. The second-order valence-electron chi connectivity index (χ2n) is 8.80. The van der Waals surface area contributed by atoms with E-state index in [9.17, 15) is 4.79 Å². The minimum absolute atomic E-state index is 0.216. The molecule has 0 atom stereocenters. The number of hydrogen-bond acceptors (Lipinski definition) is 6. The van der Waals surface area contributed by atoms with Gasteiger partial charge in [0, 0.05) is 41.3 Å². The number of benzene rings is 3. The van der Waals surface area contributed by atoms with Crippen molar-refractivity contribution in [2.75, 3.05) is 5.32 Å². The van der Waals surface area contributed by atoms with Crippen LogP contribution in [0, 0.1) is 6.92 Å². The quantitative estimate of drug-likeness (QED) is 0.407. The molecule has 0 saturated heterocycles. The summed E-state index contributed by atoms with van der Waals surface area (Å²) in [5, 5.41) is 11.2. The van der Waals surface area contributed by atoms with E-state index in [4.69, 9.17) is 13.9 Å². The summed E-state index contributed by atoms with van der Waals surface area (Å²) in [6, 6.07) is 20.5. The number of hydrogen-bond donors (Lipinski definition) is 1. The molecule has 1 fully saturated rings. The molecule has 1 saturated carbocycles. The molecule has 0 unspecified atom stereocenters. The van der Waals surface area contributed by atoms with Crippen LogP contribution in [-0.4, -0.2) is 21.9 Å². The van der Waals surface area contributed by atoms with Crippen molar-refractivity contribution in [3.8, 4) is 34.4 Å². The largest absolute Gasteiger partial charge is 0.448 e. The van der Waals surface area contributed by atoms with Crippen molar-refractivity contribution in [1.29, 1.82) is 0 Å². The van der Waals surface area contributed by atoms with Gasteiger partial charge in [0.15, 0.2) is 11.5 Å². The van der Waals surface area contributed by atoms with E-state index in [-0.39, 0.29) is 5.91 Å². The maximum absolute atomic E-state index is 12.8. The van der Waals surface area contributed by atoms with Gasteiger partial charge in [-0.15, -0.1) is 10.2 Å². The van der Waals surface area contributed by atoms with Crippen molar-refractivity contribution >= 4 is 11.6 Å². The van der Waals surface area contributed by atoms with Crippen LogP contribution < -0.4 is 14.8 Å². The first-order valence-corrected chi connectivity index (χ1v) is 11.4. The summed E-state index contributed by atoms with van der Waals surface area (Å²) in [5.74, 6) is 1.54. The standard InChI is InChI=1S/C27H23N3O4/c1-17-5-4-6-20(15-17)26-30-29-25(32-26)19-9-7-18(8-10-19)24(31)28-21-11-12-22-23(16-21)34-27(33-22)13-2-3-14-27/h4-12,15-16H,2-3,13-14H2,1H3,(H,28,31). The number of nitrogens with zero attached hydrogens (tertiary/aromatic N) is 2. The van der Waals surface area contributed by atoms with Gasteiger partial charge in [-0.1, -0.05) is 17.7 Å². The van der Waals surface area contributed by atoms with E-state index in [2.05, 4.69) is 15.5 Å². The summed E-state index contributed by atoms with van der Waals surface area (Å²) in [6.07, 6.45) is 3.99. The average Bonchev–Trinajstić information content (AvgIpc) is 3.59. The highest BCUT2D eigenvalue weighted by molar-refractivity contribution is 6.04. The molecule has 170 valence electrons. The number of rotatable bonds is 4. The van der Waals surface area contributed by atoms with Crippen LogP contribution in [0.1, 0.15) is 41.6 Å². The smallest absolute Gasteiger partial charge is 0.255 e. The van der Waals surface area contributed by atoms with Crippen molar-refractivity contribution < 1.29 is 18.7 Å². The van der Waals surface area contributed by atoms with Crippen molar-refractivity contribution in [2.24, 2.45) is 0 Å². The summed E-state index contributed by atoms with van der Waals surface area (Å²) in [4.78, 5) is 12.8. The number of amides is 1. The van der Waals surface area contributed by atoms with Crippen molar-refractivity contribution in [3.63, 3.8) is 0 Å². The lowest BCUT2D eigenvalue weighted by Crippen LogP contribution is -2.34. The zero-order chi connectivity index (χ0) is 23.1. The van der Waals surface area contributed by atoms with Gasteiger partial charge in [0.25, 0.3) is 11.7 Å². The molecule has 1 aliphatic carbocycles. The monoisotopic (exact) mass is 453 g/mol. The Kier molecular flexibility index (Phi) is 4.83. The molecule has 34 heavy (non-hydrogen) atoms. The molecule has 3 aromatic carbocycles. The van der Waals surface area contributed by atoms with Gasteiger partial charge in [-0.25, -0.2) is 0 Å². The van der Waals surface area contributed by atoms with E-state index in [0.29, 0.717) is 28.8 Å². The van der Waals surface area contributed by atoms with Crippen LogP contribution in [0.4, 0.5) is 5.69 Å². The highest BCUT2D eigenvalue weighted by Crippen LogP contribution is 2.47. The van der Waals surface area contributed by atoms with Gasteiger partial charge in [-0.05, 0) is 68.3 Å². The Morgan fingerprint density at radius 3 is 2.35 bits per heavy atom. The molecule has 2 aliphatic rings. The first-order chi connectivity index (χ1) is 16.6. The molecule has 0 bridgehead atoms. The molecule has 4 aromatic rings. The topological polar surface area (TPSA) is 86.5 Å². The average molecular weight is 453 g/mol. The van der Waals surface area contributed by atoms with Crippen LogP contribution in [0.25, 0.3) is 22.9 Å². The van der Waals surface area contributed by atoms with E-state index < -0.39 is 5.79 Å². The third kappa shape index (κ3) is 3.79. The summed E-state index contributed by atoms with van der Waals surface area (Å²) < 4.78 is 18.0. The first-order valence-electron chi connectivity index (χ1n) is 11.4. The van der Waals surface area contributed by atoms with Crippen LogP contribution in [-0.2, 0) is 0 Å². The van der Waals surface area contributed by atoms with E-state index in [1.807, 2.05) is 49.4 Å². The zero-order valence-corrected chi connectivity index (χ0v) is 18.7. The molecule has 1 aliphatic heterocycles. The Balaban J connectivity index is 1.15. The predicted octanol–water partition coefficient (Wildman–Crippen LogP) is 6.01. The Labute approximate surface area is 196 Å². The molecular formula is C27H23N3O4. The van der Waals surface area contributed by atoms with E-state index in [1.165, 1.54) is 0 Å². The Morgan fingerprint density at radius 2 is 1.59 bits per heavy atom. The summed E-state index contributed by atoms with van der Waals surface area (Å²) >= 11 is 0. The number of aromatic nitrogens is 2. The van der Waals surface area contributed by atoms with Crippen LogP contribution >= 0.6 is 0 Å². The molecule has 1 amide bonds. The molecule has 2 heterocycles. The highest BCUT2D eigenvalue weighted by atomic mass is 16.7. The van der Waals surface area contributed by atoms with Gasteiger partial charge in [-0.3, -0.25) is 4.79 Å².